The normalized spacial score (nSPS) is 10.6. The van der Waals surface area contributed by atoms with Crippen LogP contribution in [0.2, 0.25) is 0 Å². The van der Waals surface area contributed by atoms with Crippen molar-refractivity contribution in [1.82, 2.24) is 14.7 Å². The van der Waals surface area contributed by atoms with Crippen molar-refractivity contribution in [2.45, 2.75) is 26.3 Å². The second-order valence-electron chi connectivity index (χ2n) is 4.36. The van der Waals surface area contributed by atoms with Crippen LogP contribution in [-0.4, -0.2) is 45.8 Å². The molecule has 1 N–H and O–H groups in total. The zero-order chi connectivity index (χ0) is 13.2. The molecule has 1 amide bonds. The molecule has 0 aliphatic rings. The molecule has 6 heteroatoms. The third kappa shape index (κ3) is 3.05. The standard InChI is InChI=1S/C11H17N3O3/c1-7(2)9-5-8(11(16)17)12-14(9)6-10(15)13(3)4/h5,7H,6H2,1-4H3,(H,16,17). The first-order valence-corrected chi connectivity index (χ1v) is 5.34. The highest BCUT2D eigenvalue weighted by Gasteiger charge is 2.17. The van der Waals surface area contributed by atoms with Crippen LogP contribution in [0.4, 0.5) is 0 Å². The number of rotatable bonds is 4. The van der Waals surface area contributed by atoms with Crippen LogP contribution in [0.1, 0.15) is 35.9 Å². The van der Waals surface area contributed by atoms with Gasteiger partial charge >= 0.3 is 5.97 Å². The predicted octanol–water partition coefficient (Wildman–Crippen LogP) is 0.793. The molecule has 0 unspecified atom stereocenters. The molecule has 0 saturated carbocycles. The molecule has 0 aliphatic carbocycles. The molecule has 0 saturated heterocycles. The van der Waals surface area contributed by atoms with Gasteiger partial charge in [0.05, 0.1) is 0 Å². The van der Waals surface area contributed by atoms with Crippen molar-refractivity contribution in [3.63, 3.8) is 0 Å². The van der Waals surface area contributed by atoms with E-state index in [0.29, 0.717) is 0 Å². The van der Waals surface area contributed by atoms with Crippen molar-refractivity contribution in [3.05, 3.63) is 17.5 Å². The predicted molar refractivity (Wildman–Crippen MR) is 62.0 cm³/mol. The van der Waals surface area contributed by atoms with E-state index < -0.39 is 5.97 Å². The van der Waals surface area contributed by atoms with Gasteiger partial charge in [0.15, 0.2) is 5.69 Å². The lowest BCUT2D eigenvalue weighted by molar-refractivity contribution is -0.129. The van der Waals surface area contributed by atoms with Crippen molar-refractivity contribution in [1.29, 1.82) is 0 Å². The van der Waals surface area contributed by atoms with Gasteiger partial charge in [0.25, 0.3) is 0 Å². The van der Waals surface area contributed by atoms with E-state index in [-0.39, 0.29) is 24.1 Å². The lowest BCUT2D eigenvalue weighted by atomic mass is 10.1. The number of carbonyl (C=O) groups excluding carboxylic acids is 1. The number of carboxylic acids is 1. The summed E-state index contributed by atoms with van der Waals surface area (Å²) >= 11 is 0. The van der Waals surface area contributed by atoms with E-state index >= 15 is 0 Å². The molecule has 1 aromatic rings. The maximum Gasteiger partial charge on any atom is 0.356 e. The van der Waals surface area contributed by atoms with Gasteiger partial charge in [0.1, 0.15) is 6.54 Å². The van der Waals surface area contributed by atoms with Gasteiger partial charge in [-0.05, 0) is 12.0 Å². The molecule has 94 valence electrons. The molecule has 0 spiro atoms. The van der Waals surface area contributed by atoms with Crippen LogP contribution in [0.15, 0.2) is 6.07 Å². The number of likely N-dealkylation sites (N-methyl/N-ethyl adjacent to an activating group) is 1. The van der Waals surface area contributed by atoms with Crippen molar-refractivity contribution in [2.75, 3.05) is 14.1 Å². The topological polar surface area (TPSA) is 75.4 Å². The Labute approximate surface area is 99.8 Å². The van der Waals surface area contributed by atoms with E-state index in [1.54, 1.807) is 14.1 Å². The van der Waals surface area contributed by atoms with Gasteiger partial charge in [-0.15, -0.1) is 0 Å². The fourth-order valence-corrected chi connectivity index (χ4v) is 1.40. The Morgan fingerprint density at radius 1 is 1.47 bits per heavy atom. The first-order valence-electron chi connectivity index (χ1n) is 5.34. The third-order valence-electron chi connectivity index (χ3n) is 2.41. The second-order valence-corrected chi connectivity index (χ2v) is 4.36. The quantitative estimate of drug-likeness (QED) is 0.843. The Balaban J connectivity index is 3.04. The number of aromatic carboxylic acids is 1. The molecule has 1 rings (SSSR count). The van der Waals surface area contributed by atoms with Gasteiger partial charge in [0.2, 0.25) is 5.91 Å². The van der Waals surface area contributed by atoms with Crippen LogP contribution in [0.5, 0.6) is 0 Å². The van der Waals surface area contributed by atoms with Gasteiger partial charge < -0.3 is 10.0 Å². The molecule has 0 bridgehead atoms. The average molecular weight is 239 g/mol. The molecule has 0 aromatic carbocycles. The van der Waals surface area contributed by atoms with E-state index in [4.69, 9.17) is 5.11 Å². The van der Waals surface area contributed by atoms with Crippen LogP contribution in [0.3, 0.4) is 0 Å². The number of hydrogen-bond donors (Lipinski definition) is 1. The summed E-state index contributed by atoms with van der Waals surface area (Å²) in [6, 6.07) is 1.51. The summed E-state index contributed by atoms with van der Waals surface area (Å²) in [7, 11) is 3.30. The molecule has 0 fully saturated rings. The van der Waals surface area contributed by atoms with Gasteiger partial charge in [-0.1, -0.05) is 13.8 Å². The molecule has 17 heavy (non-hydrogen) atoms. The largest absolute Gasteiger partial charge is 0.476 e. The Bertz CT molecular complexity index is 435. The van der Waals surface area contributed by atoms with Crippen molar-refractivity contribution in [2.24, 2.45) is 0 Å². The lowest BCUT2D eigenvalue weighted by Crippen LogP contribution is -2.27. The number of hydrogen-bond acceptors (Lipinski definition) is 3. The second kappa shape index (κ2) is 4.99. The third-order valence-corrected chi connectivity index (χ3v) is 2.41. The summed E-state index contributed by atoms with van der Waals surface area (Å²) in [5.41, 5.74) is 0.720. The van der Waals surface area contributed by atoms with Gasteiger partial charge in [-0.25, -0.2) is 4.79 Å². The highest BCUT2D eigenvalue weighted by atomic mass is 16.4. The molecular formula is C11H17N3O3. The van der Waals surface area contributed by atoms with Crippen LogP contribution in [0.25, 0.3) is 0 Å². The van der Waals surface area contributed by atoms with E-state index in [9.17, 15) is 9.59 Å². The first-order chi connectivity index (χ1) is 7.82. The number of carbonyl (C=O) groups is 2. The maximum absolute atomic E-state index is 11.6. The maximum atomic E-state index is 11.6. The fraction of sp³-hybridized carbons (Fsp3) is 0.545. The van der Waals surface area contributed by atoms with E-state index in [2.05, 4.69) is 5.10 Å². The highest BCUT2D eigenvalue weighted by Crippen LogP contribution is 2.16. The SMILES string of the molecule is CC(C)c1cc(C(=O)O)nn1CC(=O)N(C)C. The fourth-order valence-electron chi connectivity index (χ4n) is 1.40. The van der Waals surface area contributed by atoms with Crippen molar-refractivity contribution < 1.29 is 14.7 Å². The van der Waals surface area contributed by atoms with Crippen LogP contribution < -0.4 is 0 Å². The van der Waals surface area contributed by atoms with E-state index in [0.717, 1.165) is 5.69 Å². The van der Waals surface area contributed by atoms with Crippen LogP contribution in [0, 0.1) is 0 Å². The summed E-state index contributed by atoms with van der Waals surface area (Å²) in [5, 5.41) is 12.8. The summed E-state index contributed by atoms with van der Waals surface area (Å²) in [6.07, 6.45) is 0. The number of carboxylic acid groups (broad SMARTS) is 1. The Hall–Kier alpha value is -1.85. The van der Waals surface area contributed by atoms with Crippen LogP contribution in [-0.2, 0) is 11.3 Å². The zero-order valence-electron chi connectivity index (χ0n) is 10.5. The van der Waals surface area contributed by atoms with Crippen molar-refractivity contribution >= 4 is 11.9 Å². The zero-order valence-corrected chi connectivity index (χ0v) is 10.5. The summed E-state index contributed by atoms with van der Waals surface area (Å²) in [5.74, 6) is -1.08. The van der Waals surface area contributed by atoms with Gasteiger partial charge in [0, 0.05) is 19.8 Å². The molecule has 1 heterocycles. The minimum absolute atomic E-state index is 0.0275. The summed E-state index contributed by atoms with van der Waals surface area (Å²) < 4.78 is 1.45. The first kappa shape index (κ1) is 13.2. The lowest BCUT2D eigenvalue weighted by Gasteiger charge is -2.13. The van der Waals surface area contributed by atoms with Crippen molar-refractivity contribution in [3.8, 4) is 0 Å². The Morgan fingerprint density at radius 3 is 2.47 bits per heavy atom. The van der Waals surface area contributed by atoms with Gasteiger partial charge in [-0.3, -0.25) is 9.48 Å². The van der Waals surface area contributed by atoms with Gasteiger partial charge in [-0.2, -0.15) is 5.10 Å². The molecule has 1 aromatic heterocycles. The summed E-state index contributed by atoms with van der Waals surface area (Å²) in [4.78, 5) is 23.9. The average Bonchev–Trinajstić information content (AvgIpc) is 2.61. The Kier molecular flexibility index (Phi) is 3.88. The van der Waals surface area contributed by atoms with E-state index in [1.165, 1.54) is 15.6 Å². The molecular weight excluding hydrogens is 222 g/mol. The summed E-state index contributed by atoms with van der Waals surface area (Å²) in [6.45, 7) is 3.92. The van der Waals surface area contributed by atoms with Crippen LogP contribution >= 0.6 is 0 Å². The molecule has 0 atom stereocenters. The minimum atomic E-state index is -1.08. The smallest absolute Gasteiger partial charge is 0.356 e. The number of aromatic nitrogens is 2. The monoisotopic (exact) mass is 239 g/mol. The minimum Gasteiger partial charge on any atom is -0.476 e. The number of amides is 1. The molecule has 0 aliphatic heterocycles. The molecule has 0 radical (unpaired) electrons. The number of nitrogens with zero attached hydrogens (tertiary/aromatic N) is 3. The molecule has 6 nitrogen and oxygen atoms in total. The Morgan fingerprint density at radius 2 is 2.06 bits per heavy atom. The van der Waals surface area contributed by atoms with E-state index in [1.807, 2.05) is 13.8 Å². The highest BCUT2D eigenvalue weighted by molar-refractivity contribution is 5.85.